The molecule has 0 aliphatic heterocycles. The van der Waals surface area contributed by atoms with Gasteiger partial charge in [-0.05, 0) is 64.5 Å². The Morgan fingerprint density at radius 1 is 1.12 bits per heavy atom. The number of Topliss-reactive ketones (excluding diaryl/α,β-unsaturated/α-hetero) is 2. The van der Waals surface area contributed by atoms with E-state index in [1.165, 1.54) is 4.90 Å². The van der Waals surface area contributed by atoms with Crippen molar-refractivity contribution in [1.29, 1.82) is 0 Å². The summed E-state index contributed by atoms with van der Waals surface area (Å²) in [6.07, 6.45) is 0.764. The normalized spacial score (nSPS) is 26.1. The molecule has 0 bridgehead atoms. The van der Waals surface area contributed by atoms with Crippen molar-refractivity contribution in [3.05, 3.63) is 51.0 Å². The number of carbonyl (C=O) groups is 4. The minimum absolute atomic E-state index is 0.0258. The van der Waals surface area contributed by atoms with Gasteiger partial charge in [0, 0.05) is 23.6 Å². The Bertz CT molecular complexity index is 1380. The van der Waals surface area contributed by atoms with Gasteiger partial charge in [0.2, 0.25) is 11.7 Å². The van der Waals surface area contributed by atoms with Gasteiger partial charge in [-0.1, -0.05) is 13.0 Å². The number of rotatable bonds is 7. The number of allylic oxidation sites excluding steroid dienone is 1. The summed E-state index contributed by atoms with van der Waals surface area (Å²) >= 11 is 0. The summed E-state index contributed by atoms with van der Waals surface area (Å²) in [6.45, 7) is 1.98. The molecule has 12 nitrogen and oxygen atoms in total. The molecule has 40 heavy (non-hydrogen) atoms. The number of nitrogens with one attached hydrogen (secondary N) is 1. The van der Waals surface area contributed by atoms with Crippen molar-refractivity contribution < 1.29 is 39.6 Å². The highest BCUT2D eigenvalue weighted by molar-refractivity contribution is 6.24. The number of ketones is 2. The maximum absolute atomic E-state index is 13.9. The van der Waals surface area contributed by atoms with Crippen molar-refractivity contribution in [3.8, 4) is 5.75 Å². The Morgan fingerprint density at radius 2 is 1.77 bits per heavy atom. The Morgan fingerprint density at radius 3 is 2.33 bits per heavy atom. The molecule has 0 saturated heterocycles. The van der Waals surface area contributed by atoms with Crippen molar-refractivity contribution in [3.63, 3.8) is 0 Å². The number of aliphatic hydroxyl groups is 3. The van der Waals surface area contributed by atoms with E-state index in [-0.39, 0.29) is 48.7 Å². The number of phenols is 1. The lowest BCUT2D eigenvalue weighted by molar-refractivity contribution is -0.148. The van der Waals surface area contributed by atoms with Crippen molar-refractivity contribution >= 4 is 23.4 Å². The average Bonchev–Trinajstić information content (AvgIpc) is 2.85. The number of nitrogens with two attached hydrogens (primary N) is 1. The van der Waals surface area contributed by atoms with Gasteiger partial charge in [-0.2, -0.15) is 0 Å². The second-order valence-corrected chi connectivity index (χ2v) is 11.2. The first-order valence-corrected chi connectivity index (χ1v) is 13.1. The number of primary amides is 1. The van der Waals surface area contributed by atoms with Crippen LogP contribution in [0.3, 0.4) is 0 Å². The fourth-order valence-corrected chi connectivity index (χ4v) is 6.44. The summed E-state index contributed by atoms with van der Waals surface area (Å²) in [5.41, 5.74) is 3.23. The van der Waals surface area contributed by atoms with Crippen LogP contribution in [0.2, 0.25) is 0 Å². The molecule has 0 spiro atoms. The van der Waals surface area contributed by atoms with E-state index in [0.29, 0.717) is 17.5 Å². The van der Waals surface area contributed by atoms with Crippen LogP contribution in [0, 0.1) is 11.8 Å². The lowest BCUT2D eigenvalue weighted by Crippen LogP contribution is -2.63. The lowest BCUT2D eigenvalue weighted by atomic mass is 9.58. The fourth-order valence-electron chi connectivity index (χ4n) is 6.44. The van der Waals surface area contributed by atoms with Crippen LogP contribution in [0.1, 0.15) is 40.4 Å². The third-order valence-corrected chi connectivity index (χ3v) is 8.21. The number of hydrogen-bond donors (Lipinski definition) is 6. The number of carbonyl (C=O) groups excluding carboxylic acids is 4. The van der Waals surface area contributed by atoms with Crippen molar-refractivity contribution in [1.82, 2.24) is 15.1 Å². The molecule has 3 aliphatic rings. The van der Waals surface area contributed by atoms with Crippen molar-refractivity contribution in [2.75, 3.05) is 34.7 Å². The smallest absolute Gasteiger partial charge is 0.255 e. The van der Waals surface area contributed by atoms with Crippen LogP contribution in [0.5, 0.6) is 5.75 Å². The highest BCUT2D eigenvalue weighted by atomic mass is 16.3. The minimum atomic E-state index is -2.69. The summed E-state index contributed by atoms with van der Waals surface area (Å²) in [5.74, 6) is -7.17. The Labute approximate surface area is 231 Å². The van der Waals surface area contributed by atoms with Crippen LogP contribution in [-0.2, 0) is 33.8 Å². The molecule has 4 unspecified atom stereocenters. The number of aliphatic hydroxyl groups excluding tert-OH is 2. The Balaban J connectivity index is 1.85. The zero-order chi connectivity index (χ0) is 29.8. The molecule has 216 valence electrons. The standard InChI is InChI=1S/C28H36N4O8/c1-6-12-7-14(10-30-17(33)11-31(2)3)22(34)19-15(12)8-13-9-16-21(32(4)5)24(36)20(27(29)39)26(38)28(16,40)25(37)18(13)23(19)35/h7,13,16,21,34,36-37,40H,6,8-11H2,1-5H3,(H2,29,39)(H,30,33). The maximum Gasteiger partial charge on any atom is 0.255 e. The zero-order valence-corrected chi connectivity index (χ0v) is 23.2. The molecule has 0 radical (unpaired) electrons. The Hall–Kier alpha value is -3.74. The van der Waals surface area contributed by atoms with Gasteiger partial charge >= 0.3 is 0 Å². The molecule has 0 heterocycles. The predicted molar refractivity (Wildman–Crippen MR) is 143 cm³/mol. The predicted octanol–water partition coefficient (Wildman–Crippen LogP) is -0.139. The third-order valence-electron chi connectivity index (χ3n) is 8.21. The number of nitrogens with zero attached hydrogens (tertiary/aromatic N) is 2. The molecular formula is C28H36N4O8. The van der Waals surface area contributed by atoms with Gasteiger partial charge in [0.05, 0.1) is 18.2 Å². The zero-order valence-electron chi connectivity index (χ0n) is 23.2. The number of hydrogen-bond acceptors (Lipinski definition) is 10. The van der Waals surface area contributed by atoms with E-state index in [9.17, 15) is 39.6 Å². The summed E-state index contributed by atoms with van der Waals surface area (Å²) in [7, 11) is 6.65. The topological polar surface area (TPSA) is 194 Å². The van der Waals surface area contributed by atoms with E-state index in [1.54, 1.807) is 39.2 Å². The molecule has 4 rings (SSSR count). The fraction of sp³-hybridized carbons (Fsp3) is 0.500. The van der Waals surface area contributed by atoms with Crippen molar-refractivity contribution in [2.24, 2.45) is 17.6 Å². The summed E-state index contributed by atoms with van der Waals surface area (Å²) in [4.78, 5) is 54.9. The number of phenolic OH excluding ortho intramolecular Hbond substituents is 1. The highest BCUT2D eigenvalue weighted by Crippen LogP contribution is 2.52. The van der Waals surface area contributed by atoms with Crippen LogP contribution in [0.25, 0.3) is 0 Å². The first-order chi connectivity index (χ1) is 18.7. The summed E-state index contributed by atoms with van der Waals surface area (Å²) in [6, 6.07) is 0.698. The maximum atomic E-state index is 13.9. The minimum Gasteiger partial charge on any atom is -0.510 e. The summed E-state index contributed by atoms with van der Waals surface area (Å²) in [5, 5.41) is 47.9. The van der Waals surface area contributed by atoms with E-state index < -0.39 is 58.0 Å². The molecule has 0 fully saturated rings. The number of aromatic hydroxyl groups is 1. The molecule has 1 aromatic rings. The molecule has 3 aliphatic carbocycles. The average molecular weight is 557 g/mol. The van der Waals surface area contributed by atoms with Gasteiger partial charge in [-0.15, -0.1) is 0 Å². The SMILES string of the molecule is CCc1cc(CNC(=O)CN(C)C)c(O)c2c1CC1CC3C(N(C)C)C(O)=C(C(N)=O)C(=O)C3(O)C(O)=C1C2=O. The van der Waals surface area contributed by atoms with Gasteiger partial charge in [0.25, 0.3) is 5.91 Å². The molecular weight excluding hydrogens is 520 g/mol. The van der Waals surface area contributed by atoms with Crippen LogP contribution in [0.15, 0.2) is 28.7 Å². The highest BCUT2D eigenvalue weighted by Gasteiger charge is 2.63. The summed E-state index contributed by atoms with van der Waals surface area (Å²) < 4.78 is 0. The van der Waals surface area contributed by atoms with Gasteiger partial charge in [0.1, 0.15) is 22.8 Å². The molecule has 4 atom stereocenters. The van der Waals surface area contributed by atoms with Gasteiger partial charge < -0.3 is 36.4 Å². The van der Waals surface area contributed by atoms with Gasteiger partial charge in [-0.3, -0.25) is 24.1 Å². The number of likely N-dealkylation sites (N-methyl/N-ethyl adjacent to an activating group) is 2. The number of aryl methyl sites for hydroxylation is 1. The van der Waals surface area contributed by atoms with E-state index in [4.69, 9.17) is 5.73 Å². The third kappa shape index (κ3) is 4.36. The van der Waals surface area contributed by atoms with E-state index in [0.717, 1.165) is 5.56 Å². The van der Waals surface area contributed by atoms with Crippen LogP contribution in [-0.4, -0.2) is 100.0 Å². The molecule has 2 amide bonds. The molecule has 0 saturated carbocycles. The number of benzene rings is 1. The molecule has 7 N–H and O–H groups in total. The second-order valence-electron chi connectivity index (χ2n) is 11.2. The van der Waals surface area contributed by atoms with Crippen LogP contribution in [0.4, 0.5) is 0 Å². The number of amides is 2. The largest absolute Gasteiger partial charge is 0.510 e. The number of fused-ring (bicyclic) bond motifs is 3. The van der Waals surface area contributed by atoms with E-state index in [1.807, 2.05) is 6.92 Å². The first kappa shape index (κ1) is 29.2. The second kappa shape index (κ2) is 10.3. The van der Waals surface area contributed by atoms with Crippen LogP contribution >= 0.6 is 0 Å². The monoisotopic (exact) mass is 556 g/mol. The van der Waals surface area contributed by atoms with Crippen molar-refractivity contribution in [2.45, 2.75) is 44.4 Å². The molecule has 0 aromatic heterocycles. The molecule has 12 heteroatoms. The van der Waals surface area contributed by atoms with E-state index >= 15 is 0 Å². The quantitative estimate of drug-likeness (QED) is 0.246. The van der Waals surface area contributed by atoms with E-state index in [2.05, 4.69) is 5.32 Å². The lowest BCUT2D eigenvalue weighted by Gasteiger charge is -2.50. The van der Waals surface area contributed by atoms with Crippen LogP contribution < -0.4 is 11.1 Å². The Kier molecular flexibility index (Phi) is 7.56. The first-order valence-electron chi connectivity index (χ1n) is 13.1. The van der Waals surface area contributed by atoms with Gasteiger partial charge in [-0.25, -0.2) is 0 Å². The van der Waals surface area contributed by atoms with Gasteiger partial charge in [0.15, 0.2) is 11.4 Å². The molecule has 1 aromatic carbocycles.